The van der Waals surface area contributed by atoms with Gasteiger partial charge in [-0.25, -0.2) is 9.97 Å². The molecule has 7 nitrogen and oxygen atoms in total. The highest BCUT2D eigenvalue weighted by atomic mass is 32.2. The molecule has 0 atom stereocenters. The van der Waals surface area contributed by atoms with Gasteiger partial charge in [0.15, 0.2) is 11.0 Å². The topological polar surface area (TPSA) is 85.0 Å². The maximum absolute atomic E-state index is 5.94. The van der Waals surface area contributed by atoms with Gasteiger partial charge in [0.1, 0.15) is 23.9 Å². The predicted octanol–water partition coefficient (Wildman–Crippen LogP) is 4.97. The van der Waals surface area contributed by atoms with Gasteiger partial charge in [0.2, 0.25) is 0 Å². The summed E-state index contributed by atoms with van der Waals surface area (Å²) in [7, 11) is 1.66. The van der Waals surface area contributed by atoms with Crippen LogP contribution in [0.3, 0.4) is 0 Å². The van der Waals surface area contributed by atoms with Crippen LogP contribution in [0.15, 0.2) is 53.8 Å². The van der Waals surface area contributed by atoms with Crippen molar-refractivity contribution in [3.63, 3.8) is 0 Å². The van der Waals surface area contributed by atoms with Crippen LogP contribution in [-0.4, -0.2) is 33.5 Å². The van der Waals surface area contributed by atoms with Gasteiger partial charge in [-0.2, -0.15) is 5.10 Å². The van der Waals surface area contributed by atoms with Crippen LogP contribution in [0.2, 0.25) is 0 Å². The molecule has 0 aliphatic heterocycles. The summed E-state index contributed by atoms with van der Waals surface area (Å²) in [6.07, 6.45) is 4.66. The average molecular weight is 422 g/mol. The first kappa shape index (κ1) is 20.0. The number of nitrogens with one attached hydrogen (secondary N) is 2. The second-order valence-corrected chi connectivity index (χ2v) is 7.40. The van der Waals surface area contributed by atoms with Gasteiger partial charge in [-0.05, 0) is 42.5 Å². The lowest BCUT2D eigenvalue weighted by Crippen LogP contribution is -2.01. The molecule has 2 aromatic carbocycles. The number of aryl methyl sites for hydroxylation is 1. The number of hydrogen-bond donors (Lipinski definition) is 2. The average Bonchev–Trinajstić information content (AvgIpc) is 3.19. The smallest absolute Gasteiger partial charge is 0.189 e. The van der Waals surface area contributed by atoms with Crippen molar-refractivity contribution in [1.82, 2.24) is 20.2 Å². The number of hydrogen-bond acceptors (Lipinski definition) is 7. The number of rotatable bonds is 8. The zero-order chi connectivity index (χ0) is 20.9. The number of aromatic amines is 1. The van der Waals surface area contributed by atoms with E-state index in [-0.39, 0.29) is 0 Å². The van der Waals surface area contributed by atoms with Crippen LogP contribution in [0.4, 0.5) is 11.6 Å². The first-order valence-electron chi connectivity index (χ1n) is 9.61. The normalized spacial score (nSPS) is 10.9. The number of ether oxygens (including phenoxy) is 2. The molecule has 0 fully saturated rings. The largest absolute Gasteiger partial charge is 0.497 e. The molecule has 0 saturated carbocycles. The molecule has 2 N–H and O–H groups in total. The molecule has 0 spiro atoms. The van der Waals surface area contributed by atoms with E-state index in [9.17, 15) is 0 Å². The number of aromatic nitrogens is 4. The third-order valence-electron chi connectivity index (χ3n) is 4.74. The molecular formula is C22H23N5O2S. The number of anilines is 2. The van der Waals surface area contributed by atoms with Crippen molar-refractivity contribution in [2.24, 2.45) is 0 Å². The summed E-state index contributed by atoms with van der Waals surface area (Å²) in [6.45, 7) is 2.56. The highest BCUT2D eigenvalue weighted by Crippen LogP contribution is 2.28. The zero-order valence-electron chi connectivity index (χ0n) is 17.1. The minimum Gasteiger partial charge on any atom is -0.497 e. The van der Waals surface area contributed by atoms with Crippen LogP contribution in [0.1, 0.15) is 18.1 Å². The lowest BCUT2D eigenvalue weighted by Gasteiger charge is -2.09. The van der Waals surface area contributed by atoms with Crippen molar-refractivity contribution in [2.45, 2.75) is 25.1 Å². The first-order valence-corrected chi connectivity index (χ1v) is 10.8. The van der Waals surface area contributed by atoms with Crippen molar-refractivity contribution >= 4 is 34.3 Å². The van der Waals surface area contributed by atoms with Crippen molar-refractivity contribution in [2.75, 3.05) is 18.7 Å². The van der Waals surface area contributed by atoms with E-state index in [0.29, 0.717) is 6.61 Å². The van der Waals surface area contributed by atoms with E-state index >= 15 is 0 Å². The van der Waals surface area contributed by atoms with Crippen LogP contribution in [0.5, 0.6) is 11.5 Å². The monoisotopic (exact) mass is 421 g/mol. The van der Waals surface area contributed by atoms with E-state index < -0.39 is 0 Å². The maximum atomic E-state index is 5.94. The number of nitrogens with zero attached hydrogens (tertiary/aromatic N) is 3. The van der Waals surface area contributed by atoms with Crippen molar-refractivity contribution in [1.29, 1.82) is 0 Å². The first-order chi connectivity index (χ1) is 14.7. The summed E-state index contributed by atoms with van der Waals surface area (Å²) in [6, 6.07) is 13.7. The summed E-state index contributed by atoms with van der Waals surface area (Å²) < 4.78 is 11.1. The molecule has 0 unspecified atom stereocenters. The predicted molar refractivity (Wildman–Crippen MR) is 120 cm³/mol. The molecule has 154 valence electrons. The van der Waals surface area contributed by atoms with Crippen LogP contribution < -0.4 is 14.8 Å². The lowest BCUT2D eigenvalue weighted by molar-refractivity contribution is 0.306. The molecule has 0 aliphatic carbocycles. The Morgan fingerprint density at radius 3 is 2.60 bits per heavy atom. The molecule has 4 aromatic rings. The summed E-state index contributed by atoms with van der Waals surface area (Å²) in [4.78, 5) is 8.94. The molecule has 2 aromatic heterocycles. The summed E-state index contributed by atoms with van der Waals surface area (Å²) >= 11 is 1.51. The molecule has 30 heavy (non-hydrogen) atoms. The van der Waals surface area contributed by atoms with Crippen molar-refractivity contribution in [3.8, 4) is 11.5 Å². The standard InChI is InChI=1S/C22H23N5O2S/c1-4-15-12-23-22(30-3)25-20(15)24-21-18-10-9-17(11-19(18)26-27-21)29-13-14-5-7-16(28-2)8-6-14/h5-12H,4,13H2,1-3H3,(H2,23,24,25,26,27). The highest BCUT2D eigenvalue weighted by Gasteiger charge is 2.11. The summed E-state index contributed by atoms with van der Waals surface area (Å²) in [5, 5.41) is 12.5. The van der Waals surface area contributed by atoms with E-state index in [2.05, 4.69) is 32.4 Å². The maximum Gasteiger partial charge on any atom is 0.189 e. The number of H-pyrrole nitrogens is 1. The Morgan fingerprint density at radius 2 is 1.87 bits per heavy atom. The highest BCUT2D eigenvalue weighted by molar-refractivity contribution is 7.98. The molecule has 0 radical (unpaired) electrons. The minimum atomic E-state index is 0.479. The quantitative estimate of drug-likeness (QED) is 0.307. The molecular weight excluding hydrogens is 398 g/mol. The van der Waals surface area contributed by atoms with Gasteiger partial charge in [-0.15, -0.1) is 0 Å². The Kier molecular flexibility index (Phi) is 6.04. The molecule has 0 saturated heterocycles. The van der Waals surface area contributed by atoms with E-state index in [4.69, 9.17) is 9.47 Å². The SMILES string of the molecule is CCc1cnc(SC)nc1Nc1n[nH]c2cc(OCc3ccc(OC)cc3)ccc12. The van der Waals surface area contributed by atoms with Crippen molar-refractivity contribution < 1.29 is 9.47 Å². The Hall–Kier alpha value is -3.26. The molecule has 8 heteroatoms. The molecule has 4 rings (SSSR count). The van der Waals surface area contributed by atoms with Crippen LogP contribution in [0, 0.1) is 0 Å². The third kappa shape index (κ3) is 4.33. The van der Waals surface area contributed by atoms with Crippen LogP contribution in [-0.2, 0) is 13.0 Å². The Labute approximate surface area is 179 Å². The van der Waals surface area contributed by atoms with E-state index in [1.807, 2.05) is 54.9 Å². The second kappa shape index (κ2) is 9.04. The molecule has 2 heterocycles. The van der Waals surface area contributed by atoms with E-state index in [1.165, 1.54) is 11.8 Å². The number of benzene rings is 2. The summed E-state index contributed by atoms with van der Waals surface area (Å²) in [5.41, 5.74) is 3.01. The Morgan fingerprint density at radius 1 is 1.07 bits per heavy atom. The van der Waals surface area contributed by atoms with Gasteiger partial charge in [-0.1, -0.05) is 30.8 Å². The van der Waals surface area contributed by atoms with Gasteiger partial charge >= 0.3 is 0 Å². The molecule has 0 amide bonds. The van der Waals surface area contributed by atoms with Crippen LogP contribution in [0.25, 0.3) is 10.9 Å². The van der Waals surface area contributed by atoms with Gasteiger partial charge in [0, 0.05) is 23.2 Å². The number of fused-ring (bicyclic) bond motifs is 1. The van der Waals surface area contributed by atoms with Crippen LogP contribution >= 0.6 is 11.8 Å². The third-order valence-corrected chi connectivity index (χ3v) is 5.30. The number of methoxy groups -OCH3 is 1. The van der Waals surface area contributed by atoms with E-state index in [1.54, 1.807) is 7.11 Å². The lowest BCUT2D eigenvalue weighted by atomic mass is 10.2. The Balaban J connectivity index is 1.51. The van der Waals surface area contributed by atoms with Gasteiger partial charge < -0.3 is 14.8 Å². The fraction of sp³-hybridized carbons (Fsp3) is 0.227. The van der Waals surface area contributed by atoms with E-state index in [0.717, 1.165) is 56.7 Å². The molecule has 0 bridgehead atoms. The molecule has 0 aliphatic rings. The zero-order valence-corrected chi connectivity index (χ0v) is 17.9. The van der Waals surface area contributed by atoms with Crippen molar-refractivity contribution in [3.05, 3.63) is 59.8 Å². The fourth-order valence-corrected chi connectivity index (χ4v) is 3.38. The van der Waals surface area contributed by atoms with Gasteiger partial charge in [0.25, 0.3) is 0 Å². The van der Waals surface area contributed by atoms with Gasteiger partial charge in [0.05, 0.1) is 12.6 Å². The summed E-state index contributed by atoms with van der Waals surface area (Å²) in [5.74, 6) is 3.11. The fourth-order valence-electron chi connectivity index (χ4n) is 3.04. The Bertz CT molecular complexity index is 1140. The van der Waals surface area contributed by atoms with Gasteiger partial charge in [-0.3, -0.25) is 5.10 Å². The number of thioether (sulfide) groups is 1. The second-order valence-electron chi connectivity index (χ2n) is 6.63. The minimum absolute atomic E-state index is 0.479.